The van der Waals surface area contributed by atoms with E-state index >= 15 is 0 Å². The van der Waals surface area contributed by atoms with Crippen LogP contribution >= 0.6 is 0 Å². The van der Waals surface area contributed by atoms with Crippen LogP contribution in [0.5, 0.6) is 5.75 Å². The molecule has 3 rings (SSSR count). The van der Waals surface area contributed by atoms with E-state index in [0.717, 1.165) is 31.6 Å². The van der Waals surface area contributed by atoms with Crippen molar-refractivity contribution in [1.82, 2.24) is 15.1 Å². The first kappa shape index (κ1) is 18.0. The molecule has 2 aliphatic rings. The summed E-state index contributed by atoms with van der Waals surface area (Å²) >= 11 is 0. The maximum Gasteiger partial charge on any atom is 0.317 e. The molecule has 1 aromatic rings. The summed E-state index contributed by atoms with van der Waals surface area (Å²) in [5, 5.41) is 2.98. The highest BCUT2D eigenvalue weighted by Gasteiger charge is 2.28. The minimum Gasteiger partial charge on any atom is -0.494 e. The Kier molecular flexibility index (Phi) is 6.13. The Morgan fingerprint density at radius 1 is 1.32 bits per heavy atom. The second-order valence-electron chi connectivity index (χ2n) is 7.06. The summed E-state index contributed by atoms with van der Waals surface area (Å²) in [7, 11) is 1.45. The zero-order chi connectivity index (χ0) is 17.6. The van der Waals surface area contributed by atoms with Gasteiger partial charge in [0.2, 0.25) is 0 Å². The molecule has 2 aliphatic heterocycles. The standard InChI is InChI=1S/C19H28FN3O2/c1-25-18-12-15(4-5-17(18)20)6-8-21-19(24)23-11-7-16(14-23)13-22-9-2-3-10-22/h4-5,12,16H,2-3,6-11,13-14H2,1H3,(H,21,24)/t16-/m1/s1. The molecular formula is C19H28FN3O2. The molecule has 2 fully saturated rings. The lowest BCUT2D eigenvalue weighted by atomic mass is 10.1. The predicted octanol–water partition coefficient (Wildman–Crippen LogP) is 2.50. The van der Waals surface area contributed by atoms with Crippen molar-refractivity contribution in [2.75, 3.05) is 46.4 Å². The maximum atomic E-state index is 13.4. The highest BCUT2D eigenvalue weighted by atomic mass is 19.1. The highest BCUT2D eigenvalue weighted by Crippen LogP contribution is 2.20. The first-order chi connectivity index (χ1) is 12.2. The summed E-state index contributed by atoms with van der Waals surface area (Å²) in [5.74, 6) is 0.481. The van der Waals surface area contributed by atoms with Crippen LogP contribution in [0.15, 0.2) is 18.2 Å². The van der Waals surface area contributed by atoms with Crippen LogP contribution in [0.4, 0.5) is 9.18 Å². The molecule has 6 heteroatoms. The number of amides is 2. The molecule has 0 unspecified atom stereocenters. The van der Waals surface area contributed by atoms with Gasteiger partial charge >= 0.3 is 6.03 Å². The normalized spacial score (nSPS) is 20.9. The number of halogens is 1. The van der Waals surface area contributed by atoms with E-state index < -0.39 is 0 Å². The molecule has 0 aliphatic carbocycles. The van der Waals surface area contributed by atoms with E-state index in [0.29, 0.717) is 18.9 Å². The van der Waals surface area contributed by atoms with Crippen molar-refractivity contribution in [1.29, 1.82) is 0 Å². The molecule has 2 saturated heterocycles. The Hall–Kier alpha value is -1.82. The Morgan fingerprint density at radius 2 is 2.12 bits per heavy atom. The number of hydrogen-bond donors (Lipinski definition) is 1. The Morgan fingerprint density at radius 3 is 2.88 bits per heavy atom. The Balaban J connectivity index is 1.39. The Bertz CT molecular complexity index is 590. The van der Waals surface area contributed by atoms with Gasteiger partial charge in [-0.2, -0.15) is 0 Å². The quantitative estimate of drug-likeness (QED) is 0.858. The molecule has 0 spiro atoms. The van der Waals surface area contributed by atoms with Gasteiger partial charge in [-0.25, -0.2) is 9.18 Å². The fraction of sp³-hybridized carbons (Fsp3) is 0.632. The first-order valence-electron chi connectivity index (χ1n) is 9.23. The van der Waals surface area contributed by atoms with E-state index in [1.54, 1.807) is 12.1 Å². The number of carbonyl (C=O) groups excluding carboxylic acids is 1. The second-order valence-corrected chi connectivity index (χ2v) is 7.06. The number of ether oxygens (including phenoxy) is 1. The van der Waals surface area contributed by atoms with E-state index in [2.05, 4.69) is 10.2 Å². The van der Waals surface area contributed by atoms with Crippen LogP contribution in [-0.4, -0.2) is 62.2 Å². The van der Waals surface area contributed by atoms with Crippen molar-refractivity contribution in [3.8, 4) is 5.75 Å². The van der Waals surface area contributed by atoms with Gasteiger partial charge in [0, 0.05) is 26.2 Å². The number of urea groups is 1. The second kappa shape index (κ2) is 8.52. The van der Waals surface area contributed by atoms with Gasteiger partial charge in [-0.05, 0) is 62.4 Å². The van der Waals surface area contributed by atoms with Crippen LogP contribution in [0.1, 0.15) is 24.8 Å². The SMILES string of the molecule is COc1cc(CCNC(=O)N2CC[C@H](CN3CCCC3)C2)ccc1F. The third kappa shape index (κ3) is 4.84. The van der Waals surface area contributed by atoms with Gasteiger partial charge in [-0.15, -0.1) is 0 Å². The van der Waals surface area contributed by atoms with Gasteiger partial charge in [-0.3, -0.25) is 0 Å². The monoisotopic (exact) mass is 349 g/mol. The van der Waals surface area contributed by atoms with Crippen LogP contribution in [0, 0.1) is 11.7 Å². The maximum absolute atomic E-state index is 13.4. The zero-order valence-electron chi connectivity index (χ0n) is 15.0. The number of carbonyl (C=O) groups is 1. The molecule has 2 heterocycles. The van der Waals surface area contributed by atoms with Gasteiger partial charge in [0.1, 0.15) is 0 Å². The van der Waals surface area contributed by atoms with Gasteiger partial charge in [-0.1, -0.05) is 6.07 Å². The van der Waals surface area contributed by atoms with Crippen molar-refractivity contribution in [3.63, 3.8) is 0 Å². The van der Waals surface area contributed by atoms with Gasteiger partial charge in [0.25, 0.3) is 0 Å². The van der Waals surface area contributed by atoms with Crippen LogP contribution in [0.3, 0.4) is 0 Å². The molecule has 0 saturated carbocycles. The van der Waals surface area contributed by atoms with Crippen LogP contribution in [0.2, 0.25) is 0 Å². The third-order valence-electron chi connectivity index (χ3n) is 5.19. The number of likely N-dealkylation sites (tertiary alicyclic amines) is 2. The average Bonchev–Trinajstić information content (AvgIpc) is 3.28. The first-order valence-corrected chi connectivity index (χ1v) is 9.23. The average molecular weight is 349 g/mol. The van der Waals surface area contributed by atoms with E-state index in [1.807, 2.05) is 4.90 Å². The predicted molar refractivity (Wildman–Crippen MR) is 95.4 cm³/mol. The smallest absolute Gasteiger partial charge is 0.317 e. The van der Waals surface area contributed by atoms with E-state index in [1.165, 1.54) is 39.1 Å². The number of nitrogens with one attached hydrogen (secondary N) is 1. The fourth-order valence-electron chi connectivity index (χ4n) is 3.78. The minimum atomic E-state index is -0.364. The highest BCUT2D eigenvalue weighted by molar-refractivity contribution is 5.74. The summed E-state index contributed by atoms with van der Waals surface area (Å²) in [4.78, 5) is 16.8. The summed E-state index contributed by atoms with van der Waals surface area (Å²) in [5.41, 5.74) is 0.951. The number of methoxy groups -OCH3 is 1. The van der Waals surface area contributed by atoms with Crippen molar-refractivity contribution in [2.24, 2.45) is 5.92 Å². The summed E-state index contributed by atoms with van der Waals surface area (Å²) < 4.78 is 18.4. The zero-order valence-corrected chi connectivity index (χ0v) is 15.0. The lowest BCUT2D eigenvalue weighted by Gasteiger charge is -2.21. The van der Waals surface area contributed by atoms with Crippen molar-refractivity contribution in [3.05, 3.63) is 29.6 Å². The molecule has 0 radical (unpaired) electrons. The molecule has 5 nitrogen and oxygen atoms in total. The van der Waals surface area contributed by atoms with Gasteiger partial charge < -0.3 is 19.9 Å². The molecule has 25 heavy (non-hydrogen) atoms. The Labute approximate surface area is 149 Å². The van der Waals surface area contributed by atoms with Crippen molar-refractivity contribution >= 4 is 6.03 Å². The fourth-order valence-corrected chi connectivity index (χ4v) is 3.78. The summed E-state index contributed by atoms with van der Waals surface area (Å²) in [6.45, 7) is 5.79. The molecule has 1 aromatic carbocycles. The van der Waals surface area contributed by atoms with Crippen LogP contribution in [-0.2, 0) is 6.42 Å². The lowest BCUT2D eigenvalue weighted by Crippen LogP contribution is -2.40. The number of benzene rings is 1. The molecule has 0 bridgehead atoms. The molecule has 2 amide bonds. The van der Waals surface area contributed by atoms with Crippen LogP contribution in [0.25, 0.3) is 0 Å². The van der Waals surface area contributed by atoms with Crippen molar-refractivity contribution < 1.29 is 13.9 Å². The van der Waals surface area contributed by atoms with Gasteiger partial charge in [0.05, 0.1) is 7.11 Å². The molecule has 1 N–H and O–H groups in total. The third-order valence-corrected chi connectivity index (χ3v) is 5.19. The largest absolute Gasteiger partial charge is 0.494 e. The van der Waals surface area contributed by atoms with Crippen molar-refractivity contribution in [2.45, 2.75) is 25.7 Å². The summed E-state index contributed by atoms with van der Waals surface area (Å²) in [6, 6.07) is 4.83. The number of hydrogen-bond acceptors (Lipinski definition) is 3. The van der Waals surface area contributed by atoms with Gasteiger partial charge in [0.15, 0.2) is 11.6 Å². The number of rotatable bonds is 6. The molecular weight excluding hydrogens is 321 g/mol. The molecule has 0 aromatic heterocycles. The van der Waals surface area contributed by atoms with Crippen LogP contribution < -0.4 is 10.1 Å². The minimum absolute atomic E-state index is 0.0120. The molecule has 138 valence electrons. The van der Waals surface area contributed by atoms with E-state index in [-0.39, 0.29) is 17.6 Å². The molecule has 1 atom stereocenters. The van der Waals surface area contributed by atoms with E-state index in [9.17, 15) is 9.18 Å². The van der Waals surface area contributed by atoms with E-state index in [4.69, 9.17) is 4.74 Å². The number of nitrogens with zero attached hydrogens (tertiary/aromatic N) is 2. The topological polar surface area (TPSA) is 44.8 Å². The summed E-state index contributed by atoms with van der Waals surface area (Å²) in [6.07, 6.45) is 4.38. The lowest BCUT2D eigenvalue weighted by molar-refractivity contribution is 0.204.